The van der Waals surface area contributed by atoms with E-state index >= 15 is 0 Å². The molecule has 12 heteroatoms. The maximum Gasteiger partial charge on any atom is 0.453 e. The van der Waals surface area contributed by atoms with E-state index in [1.165, 1.54) is 17.1 Å². The van der Waals surface area contributed by atoms with Crippen LogP contribution in [0.4, 0.5) is 13.2 Å². The summed E-state index contributed by atoms with van der Waals surface area (Å²) in [5, 5.41) is 18.3. The van der Waals surface area contributed by atoms with Crippen molar-refractivity contribution in [3.05, 3.63) is 47.8 Å². The molecule has 24 heavy (non-hydrogen) atoms. The van der Waals surface area contributed by atoms with E-state index in [0.717, 1.165) is 0 Å². The molecule has 0 saturated carbocycles. The summed E-state index contributed by atoms with van der Waals surface area (Å²) < 4.78 is 38.5. The number of tetrazole rings is 1. The Morgan fingerprint density at radius 1 is 1.33 bits per heavy atom. The second-order valence-corrected chi connectivity index (χ2v) is 4.59. The minimum atomic E-state index is -4.64. The van der Waals surface area contributed by atoms with Gasteiger partial charge in [0, 0.05) is 5.56 Å². The number of halogens is 3. The monoisotopic (exact) mass is 338 g/mol. The summed E-state index contributed by atoms with van der Waals surface area (Å²) in [5.41, 5.74) is 0.852. The summed E-state index contributed by atoms with van der Waals surface area (Å²) in [6.45, 7) is -0.225. The Kier molecular flexibility index (Phi) is 3.93. The van der Waals surface area contributed by atoms with Crippen LogP contribution in [-0.2, 0) is 12.7 Å². The largest absolute Gasteiger partial charge is 0.453 e. The van der Waals surface area contributed by atoms with Crippen molar-refractivity contribution < 1.29 is 18.0 Å². The third-order valence-corrected chi connectivity index (χ3v) is 2.92. The first-order chi connectivity index (χ1) is 11.4. The molecule has 0 spiro atoms. The quantitative estimate of drug-likeness (QED) is 0.725. The molecule has 124 valence electrons. The van der Waals surface area contributed by atoms with E-state index in [9.17, 15) is 18.0 Å². The highest BCUT2D eigenvalue weighted by Gasteiger charge is 2.36. The Balaban J connectivity index is 1.67. The lowest BCUT2D eigenvalue weighted by atomic mass is 10.2. The van der Waals surface area contributed by atoms with Gasteiger partial charge < -0.3 is 5.32 Å². The van der Waals surface area contributed by atoms with Gasteiger partial charge in [-0.25, -0.2) is 9.67 Å². The van der Waals surface area contributed by atoms with Crippen LogP contribution in [0.5, 0.6) is 0 Å². The van der Waals surface area contributed by atoms with Crippen molar-refractivity contribution in [2.45, 2.75) is 12.7 Å². The number of alkyl halides is 3. The molecule has 0 radical (unpaired) electrons. The molecule has 0 fully saturated rings. The zero-order valence-corrected chi connectivity index (χ0v) is 11.8. The first-order valence-electron chi connectivity index (χ1n) is 6.53. The number of hydrogen-bond acceptors (Lipinski definition) is 6. The second kappa shape index (κ2) is 6.06. The van der Waals surface area contributed by atoms with Gasteiger partial charge in [-0.2, -0.15) is 13.2 Å². The summed E-state index contributed by atoms with van der Waals surface area (Å²) >= 11 is 0. The van der Waals surface area contributed by atoms with Crippen molar-refractivity contribution in [1.82, 2.24) is 40.7 Å². The van der Waals surface area contributed by atoms with Crippen LogP contribution in [0.1, 0.15) is 22.0 Å². The Hall–Kier alpha value is -3.31. The van der Waals surface area contributed by atoms with Crippen molar-refractivity contribution in [1.29, 1.82) is 0 Å². The maximum atomic E-state index is 12.4. The van der Waals surface area contributed by atoms with E-state index in [4.69, 9.17) is 0 Å². The summed E-state index contributed by atoms with van der Waals surface area (Å²) in [4.78, 5) is 15.4. The molecule has 9 nitrogen and oxygen atoms in total. The first kappa shape index (κ1) is 15.6. The molecule has 0 saturated heterocycles. The average molecular weight is 338 g/mol. The van der Waals surface area contributed by atoms with Gasteiger partial charge in [-0.3, -0.25) is 9.89 Å². The molecule has 0 aliphatic carbocycles. The lowest BCUT2D eigenvalue weighted by Gasteiger charge is -2.05. The molecule has 3 rings (SSSR count). The van der Waals surface area contributed by atoms with Gasteiger partial charge in [-0.15, -0.1) is 10.2 Å². The average Bonchev–Trinajstić information content (AvgIpc) is 3.23. The lowest BCUT2D eigenvalue weighted by Crippen LogP contribution is -2.23. The van der Waals surface area contributed by atoms with Gasteiger partial charge in [0.05, 0.1) is 12.2 Å². The molecule has 2 heterocycles. The molecule has 0 aliphatic heterocycles. The molecular weight excluding hydrogens is 329 g/mol. The van der Waals surface area contributed by atoms with Gasteiger partial charge in [-0.1, -0.05) is 6.07 Å². The van der Waals surface area contributed by atoms with Crippen LogP contribution in [0, 0.1) is 0 Å². The van der Waals surface area contributed by atoms with E-state index in [-0.39, 0.29) is 12.4 Å². The second-order valence-electron chi connectivity index (χ2n) is 4.59. The van der Waals surface area contributed by atoms with Crippen LogP contribution in [0.2, 0.25) is 0 Å². The molecule has 2 N–H and O–H groups in total. The molecule has 1 aromatic carbocycles. The topological polar surface area (TPSA) is 114 Å². The number of rotatable bonds is 4. The number of nitrogens with zero attached hydrogens (tertiary/aromatic N) is 6. The molecule has 0 aliphatic rings. The van der Waals surface area contributed by atoms with Crippen molar-refractivity contribution >= 4 is 5.91 Å². The molecule has 2 aromatic heterocycles. The van der Waals surface area contributed by atoms with Gasteiger partial charge in [0.25, 0.3) is 11.7 Å². The highest BCUT2D eigenvalue weighted by molar-refractivity contribution is 5.94. The molecule has 0 unspecified atom stereocenters. The third kappa shape index (κ3) is 3.37. The van der Waals surface area contributed by atoms with E-state index in [1.807, 2.05) is 0 Å². The zero-order chi connectivity index (χ0) is 17.2. The lowest BCUT2D eigenvalue weighted by molar-refractivity contribution is -0.144. The van der Waals surface area contributed by atoms with Crippen LogP contribution in [-0.4, -0.2) is 41.3 Å². The number of aromatic amines is 1. The minimum Gasteiger partial charge on any atom is -0.345 e. The van der Waals surface area contributed by atoms with E-state index < -0.39 is 17.9 Å². The van der Waals surface area contributed by atoms with Crippen LogP contribution in [0.15, 0.2) is 30.6 Å². The standard InChI is InChI=1S/C12H9F3N8O/c13-12(14,15)11-18-9(19-20-11)5-16-10(24)7-2-1-3-8(4-7)23-6-17-21-22-23/h1-4,6H,5H2,(H,16,24)(H,18,19,20). The summed E-state index contributed by atoms with van der Waals surface area (Å²) in [5.74, 6) is -1.88. The smallest absolute Gasteiger partial charge is 0.345 e. The molecule has 1 amide bonds. The third-order valence-electron chi connectivity index (χ3n) is 2.92. The van der Waals surface area contributed by atoms with Gasteiger partial charge in [0.1, 0.15) is 12.2 Å². The number of amides is 1. The molecule has 3 aromatic rings. The van der Waals surface area contributed by atoms with Crippen molar-refractivity contribution in [3.63, 3.8) is 0 Å². The number of H-pyrrole nitrogens is 1. The van der Waals surface area contributed by atoms with Crippen molar-refractivity contribution in [2.75, 3.05) is 0 Å². The van der Waals surface area contributed by atoms with Gasteiger partial charge in [-0.05, 0) is 28.6 Å². The Morgan fingerprint density at radius 2 is 2.17 bits per heavy atom. The van der Waals surface area contributed by atoms with Gasteiger partial charge in [0.15, 0.2) is 0 Å². The summed E-state index contributed by atoms with van der Waals surface area (Å²) in [6.07, 6.45) is -3.27. The van der Waals surface area contributed by atoms with E-state index in [0.29, 0.717) is 11.3 Å². The van der Waals surface area contributed by atoms with Crippen molar-refractivity contribution in [3.8, 4) is 5.69 Å². The normalized spacial score (nSPS) is 11.5. The fraction of sp³-hybridized carbons (Fsp3) is 0.167. The van der Waals surface area contributed by atoms with Crippen LogP contribution >= 0.6 is 0 Å². The summed E-state index contributed by atoms with van der Waals surface area (Å²) in [7, 11) is 0. The number of hydrogen-bond donors (Lipinski definition) is 2. The van der Waals surface area contributed by atoms with Gasteiger partial charge in [0.2, 0.25) is 0 Å². The number of carbonyl (C=O) groups excluding carboxylic acids is 1. The first-order valence-corrected chi connectivity index (χ1v) is 6.53. The Morgan fingerprint density at radius 3 is 2.83 bits per heavy atom. The SMILES string of the molecule is O=C(NCc1nc(C(F)(F)F)n[nH]1)c1cccc(-n2cnnn2)c1. The zero-order valence-electron chi connectivity index (χ0n) is 11.8. The molecular formula is C12H9F3N8O. The maximum absolute atomic E-state index is 12.4. The predicted molar refractivity (Wildman–Crippen MR) is 71.7 cm³/mol. The Labute approximate surface area is 131 Å². The highest BCUT2D eigenvalue weighted by atomic mass is 19.4. The number of benzene rings is 1. The minimum absolute atomic E-state index is 0.104. The number of carbonyl (C=O) groups is 1. The molecule has 0 bridgehead atoms. The number of aromatic nitrogens is 7. The van der Waals surface area contributed by atoms with Crippen LogP contribution in [0.25, 0.3) is 5.69 Å². The van der Waals surface area contributed by atoms with Crippen molar-refractivity contribution in [2.24, 2.45) is 0 Å². The van der Waals surface area contributed by atoms with Gasteiger partial charge >= 0.3 is 6.18 Å². The fourth-order valence-electron chi connectivity index (χ4n) is 1.84. The Bertz CT molecular complexity index is 842. The van der Waals surface area contributed by atoms with E-state index in [1.54, 1.807) is 18.2 Å². The summed E-state index contributed by atoms with van der Waals surface area (Å²) in [6, 6.07) is 6.40. The molecule has 0 atom stereocenters. The predicted octanol–water partition coefficient (Wildman–Crippen LogP) is 0.729. The fourth-order valence-corrected chi connectivity index (χ4v) is 1.84. The van der Waals surface area contributed by atoms with Crippen LogP contribution in [0.3, 0.4) is 0 Å². The van der Waals surface area contributed by atoms with E-state index in [2.05, 4.69) is 36.0 Å². The van der Waals surface area contributed by atoms with Crippen LogP contribution < -0.4 is 5.32 Å². The highest BCUT2D eigenvalue weighted by Crippen LogP contribution is 2.25. The number of nitrogens with one attached hydrogen (secondary N) is 2.